The van der Waals surface area contributed by atoms with E-state index >= 15 is 0 Å². The van der Waals surface area contributed by atoms with Crippen LogP contribution >= 0.6 is 11.6 Å². The highest BCUT2D eigenvalue weighted by Crippen LogP contribution is 2.45. The van der Waals surface area contributed by atoms with Gasteiger partial charge in [-0.15, -0.1) is 0 Å². The van der Waals surface area contributed by atoms with Crippen molar-refractivity contribution in [3.63, 3.8) is 0 Å². The molecular formula is C18H22ClNO5S. The normalized spacial score (nSPS) is 11.5. The predicted molar refractivity (Wildman–Crippen MR) is 102 cm³/mol. The Hall–Kier alpha value is -1.96. The van der Waals surface area contributed by atoms with E-state index in [1.165, 1.54) is 27.4 Å². The minimum absolute atomic E-state index is 0.0698. The zero-order valence-corrected chi connectivity index (χ0v) is 16.9. The maximum Gasteiger partial charge on any atom is 0.241 e. The Balaban J connectivity index is 2.95. The fourth-order valence-electron chi connectivity index (χ4n) is 2.65. The highest BCUT2D eigenvalue weighted by molar-refractivity contribution is 7.89. The van der Waals surface area contributed by atoms with Crippen LogP contribution in [0.3, 0.4) is 0 Å². The molecule has 0 aliphatic rings. The summed E-state index contributed by atoms with van der Waals surface area (Å²) in [7, 11) is 0.388. The Morgan fingerprint density at radius 2 is 1.54 bits per heavy atom. The third-order valence-corrected chi connectivity index (χ3v) is 5.23. The molecule has 0 heterocycles. The van der Waals surface area contributed by atoms with E-state index in [9.17, 15) is 8.42 Å². The third kappa shape index (κ3) is 3.90. The third-order valence-electron chi connectivity index (χ3n) is 4.02. The average Bonchev–Trinajstić information content (AvgIpc) is 2.59. The van der Waals surface area contributed by atoms with Gasteiger partial charge in [0.25, 0.3) is 0 Å². The molecule has 0 radical (unpaired) electrons. The molecule has 6 nitrogen and oxygen atoms in total. The molecule has 0 aliphatic heterocycles. The van der Waals surface area contributed by atoms with Gasteiger partial charge < -0.3 is 14.2 Å². The molecule has 26 heavy (non-hydrogen) atoms. The van der Waals surface area contributed by atoms with Gasteiger partial charge in [-0.2, -0.15) is 0 Å². The number of halogens is 1. The first-order valence-corrected chi connectivity index (χ1v) is 9.73. The monoisotopic (exact) mass is 399 g/mol. The zero-order chi connectivity index (χ0) is 19.6. The lowest BCUT2D eigenvalue weighted by Gasteiger charge is -2.19. The lowest BCUT2D eigenvalue weighted by Crippen LogP contribution is -2.14. The fourth-order valence-corrected chi connectivity index (χ4v) is 3.63. The number of sulfonamides is 1. The van der Waals surface area contributed by atoms with Crippen molar-refractivity contribution in [3.05, 3.63) is 34.9 Å². The lowest BCUT2D eigenvalue weighted by atomic mass is 9.95. The first-order valence-electron chi connectivity index (χ1n) is 7.80. The summed E-state index contributed by atoms with van der Waals surface area (Å²) in [6.45, 7) is 3.91. The van der Waals surface area contributed by atoms with Crippen molar-refractivity contribution in [2.75, 3.05) is 21.3 Å². The van der Waals surface area contributed by atoms with Crippen LogP contribution < -0.4 is 19.3 Å². The van der Waals surface area contributed by atoms with Gasteiger partial charge in [-0.05, 0) is 29.7 Å². The van der Waals surface area contributed by atoms with Gasteiger partial charge in [0.2, 0.25) is 10.0 Å². The highest BCUT2D eigenvalue weighted by Gasteiger charge is 2.24. The van der Waals surface area contributed by atoms with Crippen LogP contribution in [0.25, 0.3) is 11.1 Å². The summed E-state index contributed by atoms with van der Waals surface area (Å²) in [6.07, 6.45) is 0. The molecule has 8 heteroatoms. The van der Waals surface area contributed by atoms with Gasteiger partial charge in [-0.1, -0.05) is 25.4 Å². The molecular weight excluding hydrogens is 378 g/mol. The topological polar surface area (TPSA) is 87.9 Å². The molecule has 142 valence electrons. The van der Waals surface area contributed by atoms with Crippen molar-refractivity contribution in [3.8, 4) is 28.4 Å². The molecule has 2 rings (SSSR count). The first kappa shape index (κ1) is 20.4. The number of hydrogen-bond acceptors (Lipinski definition) is 5. The molecule has 2 aromatic carbocycles. The number of hydrogen-bond donors (Lipinski definition) is 1. The summed E-state index contributed by atoms with van der Waals surface area (Å²) in [4.78, 5) is -0.0860. The average molecular weight is 400 g/mol. The number of methoxy groups -OCH3 is 3. The predicted octanol–water partition coefficient (Wildman–Crippen LogP) is 3.80. The summed E-state index contributed by atoms with van der Waals surface area (Å²) < 4.78 is 40.4. The lowest BCUT2D eigenvalue weighted by molar-refractivity contribution is 0.398. The molecule has 0 spiro atoms. The molecule has 0 saturated heterocycles. The van der Waals surface area contributed by atoms with Crippen LogP contribution in [0.15, 0.2) is 29.2 Å². The molecule has 2 aromatic rings. The second-order valence-corrected chi connectivity index (χ2v) is 7.92. The first-order chi connectivity index (χ1) is 12.1. The number of benzene rings is 2. The van der Waals surface area contributed by atoms with Crippen molar-refractivity contribution >= 4 is 21.6 Å². The van der Waals surface area contributed by atoms with E-state index in [0.717, 1.165) is 5.56 Å². The minimum atomic E-state index is -4.00. The maximum absolute atomic E-state index is 12.1. The van der Waals surface area contributed by atoms with Gasteiger partial charge in [0, 0.05) is 17.2 Å². The van der Waals surface area contributed by atoms with Crippen LogP contribution in [0.2, 0.25) is 5.02 Å². The quantitative estimate of drug-likeness (QED) is 0.798. The van der Waals surface area contributed by atoms with Gasteiger partial charge in [0.15, 0.2) is 0 Å². The standard InChI is InChI=1S/C18H22ClNO5S/c1-10(2)11-6-13(18(25-5)17(7-11)26(20,21)22)12-8-16(24-4)14(19)9-15(12)23-3/h6-10H,1-5H3,(H2,20,21,22). The molecule has 0 aliphatic carbocycles. The van der Waals surface area contributed by atoms with Crippen LogP contribution in [0.4, 0.5) is 0 Å². The van der Waals surface area contributed by atoms with Gasteiger partial charge in [-0.25, -0.2) is 13.6 Å². The van der Waals surface area contributed by atoms with E-state index in [-0.39, 0.29) is 16.6 Å². The summed E-state index contributed by atoms with van der Waals surface area (Å²) in [5.74, 6) is 1.09. The second kappa shape index (κ2) is 7.73. The number of primary sulfonamides is 1. The minimum Gasteiger partial charge on any atom is -0.496 e. The number of ether oxygens (including phenoxy) is 3. The second-order valence-electron chi connectivity index (χ2n) is 5.99. The smallest absolute Gasteiger partial charge is 0.241 e. The molecule has 0 amide bonds. The molecule has 0 atom stereocenters. The summed E-state index contributed by atoms with van der Waals surface area (Å²) in [5.41, 5.74) is 1.90. The van der Waals surface area contributed by atoms with Gasteiger partial charge >= 0.3 is 0 Å². The van der Waals surface area contributed by atoms with E-state index < -0.39 is 10.0 Å². The molecule has 0 unspecified atom stereocenters. The van der Waals surface area contributed by atoms with Gasteiger partial charge in [0.05, 0.1) is 26.4 Å². The molecule has 0 saturated carbocycles. The summed E-state index contributed by atoms with van der Waals surface area (Å²) >= 11 is 6.17. The Bertz CT molecular complexity index is 926. The fraction of sp³-hybridized carbons (Fsp3) is 0.333. The van der Waals surface area contributed by atoms with Crippen molar-refractivity contribution in [2.24, 2.45) is 5.14 Å². The SMILES string of the molecule is COc1cc(-c2cc(C(C)C)cc(S(N)(=O)=O)c2OC)c(OC)cc1Cl. The maximum atomic E-state index is 12.1. The summed E-state index contributed by atoms with van der Waals surface area (Å²) in [5, 5.41) is 5.79. The largest absolute Gasteiger partial charge is 0.496 e. The number of nitrogens with two attached hydrogens (primary N) is 1. The van der Waals surface area contributed by atoms with Crippen LogP contribution in [0.1, 0.15) is 25.3 Å². The van der Waals surface area contributed by atoms with E-state index in [1.54, 1.807) is 12.1 Å². The van der Waals surface area contributed by atoms with Crippen molar-refractivity contribution in [2.45, 2.75) is 24.7 Å². The molecule has 0 aromatic heterocycles. The molecule has 0 fully saturated rings. The Labute approximate surface area is 158 Å². The summed E-state index contributed by atoms with van der Waals surface area (Å²) in [6, 6.07) is 6.66. The van der Waals surface area contributed by atoms with Crippen molar-refractivity contribution in [1.29, 1.82) is 0 Å². The zero-order valence-electron chi connectivity index (χ0n) is 15.3. The van der Waals surface area contributed by atoms with E-state index in [4.69, 9.17) is 31.0 Å². The van der Waals surface area contributed by atoms with E-state index in [0.29, 0.717) is 27.6 Å². The van der Waals surface area contributed by atoms with Crippen LogP contribution in [0.5, 0.6) is 17.2 Å². The number of rotatable bonds is 6. The highest BCUT2D eigenvalue weighted by atomic mass is 35.5. The van der Waals surface area contributed by atoms with Gasteiger partial charge in [-0.3, -0.25) is 0 Å². The van der Waals surface area contributed by atoms with Gasteiger partial charge in [0.1, 0.15) is 22.1 Å². The van der Waals surface area contributed by atoms with Crippen molar-refractivity contribution < 1.29 is 22.6 Å². The van der Waals surface area contributed by atoms with E-state index in [1.807, 2.05) is 19.9 Å². The van der Waals surface area contributed by atoms with Crippen LogP contribution in [-0.4, -0.2) is 29.7 Å². The Kier molecular flexibility index (Phi) is 6.05. The Morgan fingerprint density at radius 3 is 2.00 bits per heavy atom. The van der Waals surface area contributed by atoms with Crippen LogP contribution in [-0.2, 0) is 10.0 Å². The van der Waals surface area contributed by atoms with Crippen LogP contribution in [0, 0.1) is 0 Å². The Morgan fingerprint density at radius 1 is 0.923 bits per heavy atom. The van der Waals surface area contributed by atoms with Crippen molar-refractivity contribution in [1.82, 2.24) is 0 Å². The molecule has 2 N–H and O–H groups in total. The van der Waals surface area contributed by atoms with E-state index in [2.05, 4.69) is 0 Å². The molecule has 0 bridgehead atoms.